The van der Waals surface area contributed by atoms with E-state index in [1.54, 1.807) is 0 Å². The lowest BCUT2D eigenvalue weighted by Crippen LogP contribution is -1.95. The van der Waals surface area contributed by atoms with Crippen LogP contribution in [-0.2, 0) is 11.2 Å². The number of nitrogens with zero attached hydrogens (tertiary/aromatic N) is 2. The van der Waals surface area contributed by atoms with Gasteiger partial charge in [-0.3, -0.25) is 4.79 Å². The number of furan rings is 1. The van der Waals surface area contributed by atoms with Crippen LogP contribution < -0.4 is 0 Å². The number of carbonyl (C=O) groups is 1. The molecular formula is C13H16N2O4. The van der Waals surface area contributed by atoms with Gasteiger partial charge in [-0.1, -0.05) is 0 Å². The van der Waals surface area contributed by atoms with Crippen molar-refractivity contribution >= 4 is 5.97 Å². The van der Waals surface area contributed by atoms with Gasteiger partial charge < -0.3 is 13.9 Å². The summed E-state index contributed by atoms with van der Waals surface area (Å²) in [5.74, 6) is 1.64. The highest BCUT2D eigenvalue weighted by atomic mass is 16.4. The van der Waals surface area contributed by atoms with Gasteiger partial charge in [-0.25, -0.2) is 0 Å². The van der Waals surface area contributed by atoms with Crippen molar-refractivity contribution in [1.29, 1.82) is 0 Å². The summed E-state index contributed by atoms with van der Waals surface area (Å²) >= 11 is 0. The summed E-state index contributed by atoms with van der Waals surface area (Å²) in [6, 6.07) is 0. The quantitative estimate of drug-likeness (QED) is 0.892. The summed E-state index contributed by atoms with van der Waals surface area (Å²) in [5.41, 5.74) is 1.81. The standard InChI is InChI=1S/C13H16N2O4/c1-7-8(2)18-9(3)12(7)13-15-14-10(19-13)5-4-6-11(16)17/h4-6H2,1-3H3,(H,16,17). The van der Waals surface area contributed by atoms with E-state index in [-0.39, 0.29) is 6.42 Å². The smallest absolute Gasteiger partial charge is 0.303 e. The zero-order valence-corrected chi connectivity index (χ0v) is 11.2. The second-order valence-electron chi connectivity index (χ2n) is 4.46. The fourth-order valence-corrected chi connectivity index (χ4v) is 1.95. The van der Waals surface area contributed by atoms with Crippen LogP contribution in [0.25, 0.3) is 11.5 Å². The van der Waals surface area contributed by atoms with Crippen LogP contribution in [-0.4, -0.2) is 21.3 Å². The maximum Gasteiger partial charge on any atom is 0.303 e. The summed E-state index contributed by atoms with van der Waals surface area (Å²) in [7, 11) is 0. The molecule has 2 aromatic heterocycles. The van der Waals surface area contributed by atoms with E-state index in [9.17, 15) is 4.79 Å². The zero-order valence-electron chi connectivity index (χ0n) is 11.2. The molecule has 0 spiro atoms. The lowest BCUT2D eigenvalue weighted by atomic mass is 10.1. The predicted octanol–water partition coefficient (Wildman–Crippen LogP) is 2.66. The number of hydrogen-bond donors (Lipinski definition) is 1. The topological polar surface area (TPSA) is 89.4 Å². The van der Waals surface area contributed by atoms with Crippen molar-refractivity contribution in [3.63, 3.8) is 0 Å². The monoisotopic (exact) mass is 264 g/mol. The summed E-state index contributed by atoms with van der Waals surface area (Å²) in [6.07, 6.45) is 1.05. The number of aliphatic carboxylic acids is 1. The minimum atomic E-state index is -0.822. The van der Waals surface area contributed by atoms with Gasteiger partial charge in [-0.15, -0.1) is 10.2 Å². The van der Waals surface area contributed by atoms with Crippen LogP contribution in [0.15, 0.2) is 8.83 Å². The Kier molecular flexibility index (Phi) is 3.69. The third-order valence-corrected chi connectivity index (χ3v) is 3.02. The maximum atomic E-state index is 10.4. The molecule has 102 valence electrons. The van der Waals surface area contributed by atoms with E-state index < -0.39 is 5.97 Å². The number of carboxylic acids is 1. The van der Waals surface area contributed by atoms with Crippen LogP contribution >= 0.6 is 0 Å². The Bertz CT molecular complexity index is 598. The van der Waals surface area contributed by atoms with E-state index >= 15 is 0 Å². The molecule has 1 N–H and O–H groups in total. The molecule has 0 saturated heterocycles. The van der Waals surface area contributed by atoms with E-state index in [2.05, 4.69) is 10.2 Å². The molecule has 19 heavy (non-hydrogen) atoms. The van der Waals surface area contributed by atoms with Crippen molar-refractivity contribution in [1.82, 2.24) is 10.2 Å². The number of carboxylic acid groups (broad SMARTS) is 1. The fraction of sp³-hybridized carbons (Fsp3) is 0.462. The van der Waals surface area contributed by atoms with Crippen molar-refractivity contribution < 1.29 is 18.7 Å². The van der Waals surface area contributed by atoms with Gasteiger partial charge in [0.15, 0.2) is 0 Å². The number of rotatable bonds is 5. The summed E-state index contributed by atoms with van der Waals surface area (Å²) in [4.78, 5) is 10.4. The Hall–Kier alpha value is -2.11. The molecule has 0 unspecified atom stereocenters. The van der Waals surface area contributed by atoms with Crippen LogP contribution in [0.2, 0.25) is 0 Å². The Balaban J connectivity index is 2.14. The van der Waals surface area contributed by atoms with Crippen LogP contribution in [0.5, 0.6) is 0 Å². The average molecular weight is 264 g/mol. The molecule has 2 rings (SSSR count). The highest BCUT2D eigenvalue weighted by Crippen LogP contribution is 2.30. The SMILES string of the molecule is Cc1oc(C)c(-c2nnc(CCCC(=O)O)o2)c1C. The van der Waals surface area contributed by atoms with Gasteiger partial charge in [-0.2, -0.15) is 0 Å². The number of aromatic nitrogens is 2. The molecular weight excluding hydrogens is 248 g/mol. The first-order valence-corrected chi connectivity index (χ1v) is 6.10. The van der Waals surface area contributed by atoms with Crippen molar-refractivity contribution in [2.45, 2.75) is 40.0 Å². The number of hydrogen-bond acceptors (Lipinski definition) is 5. The van der Waals surface area contributed by atoms with Crippen LogP contribution in [0.1, 0.15) is 35.8 Å². The molecule has 0 aliphatic carbocycles. The number of aryl methyl sites for hydroxylation is 3. The highest BCUT2D eigenvalue weighted by molar-refractivity contribution is 5.66. The highest BCUT2D eigenvalue weighted by Gasteiger charge is 2.18. The minimum Gasteiger partial charge on any atom is -0.481 e. The third kappa shape index (κ3) is 2.83. The first-order chi connectivity index (χ1) is 8.99. The van der Waals surface area contributed by atoms with Crippen molar-refractivity contribution in [2.75, 3.05) is 0 Å². The van der Waals surface area contributed by atoms with Crippen LogP contribution in [0.4, 0.5) is 0 Å². The second kappa shape index (κ2) is 5.26. The minimum absolute atomic E-state index is 0.0978. The molecule has 0 bridgehead atoms. The maximum absolute atomic E-state index is 10.4. The summed E-state index contributed by atoms with van der Waals surface area (Å²) in [5, 5.41) is 16.5. The van der Waals surface area contributed by atoms with Gasteiger partial charge in [0.2, 0.25) is 5.89 Å². The Morgan fingerprint density at radius 3 is 2.47 bits per heavy atom. The van der Waals surface area contributed by atoms with Crippen molar-refractivity contribution in [3.8, 4) is 11.5 Å². The van der Waals surface area contributed by atoms with Gasteiger partial charge in [0.25, 0.3) is 5.89 Å². The van der Waals surface area contributed by atoms with E-state index in [1.165, 1.54) is 0 Å². The molecule has 2 aromatic rings. The molecule has 0 atom stereocenters. The third-order valence-electron chi connectivity index (χ3n) is 3.02. The molecule has 0 aliphatic heterocycles. The molecule has 2 heterocycles. The lowest BCUT2D eigenvalue weighted by Gasteiger charge is -1.94. The molecule has 0 radical (unpaired) electrons. The fourth-order valence-electron chi connectivity index (χ4n) is 1.95. The predicted molar refractivity (Wildman–Crippen MR) is 66.8 cm³/mol. The Morgan fingerprint density at radius 2 is 1.89 bits per heavy atom. The van der Waals surface area contributed by atoms with Crippen LogP contribution in [0.3, 0.4) is 0 Å². The molecule has 6 nitrogen and oxygen atoms in total. The Labute approximate surface area is 110 Å². The van der Waals surface area contributed by atoms with Gasteiger partial charge in [0.1, 0.15) is 11.5 Å². The van der Waals surface area contributed by atoms with Crippen LogP contribution in [0, 0.1) is 20.8 Å². The van der Waals surface area contributed by atoms with Gasteiger partial charge >= 0.3 is 5.97 Å². The van der Waals surface area contributed by atoms with Gasteiger partial charge in [0, 0.05) is 18.4 Å². The molecule has 0 aliphatic rings. The molecule has 0 fully saturated rings. The van der Waals surface area contributed by atoms with Gasteiger partial charge in [-0.05, 0) is 27.2 Å². The van der Waals surface area contributed by atoms with Gasteiger partial charge in [0.05, 0.1) is 5.56 Å². The van der Waals surface area contributed by atoms with Crippen molar-refractivity contribution in [2.24, 2.45) is 0 Å². The Morgan fingerprint density at radius 1 is 1.16 bits per heavy atom. The largest absolute Gasteiger partial charge is 0.481 e. The normalized spacial score (nSPS) is 10.9. The summed E-state index contributed by atoms with van der Waals surface area (Å²) < 4.78 is 11.1. The average Bonchev–Trinajstić information content (AvgIpc) is 2.85. The van der Waals surface area contributed by atoms with E-state index in [0.717, 1.165) is 22.6 Å². The first kappa shape index (κ1) is 13.3. The molecule has 0 saturated carbocycles. The summed E-state index contributed by atoms with van der Waals surface area (Å²) in [6.45, 7) is 5.68. The zero-order chi connectivity index (χ0) is 14.0. The second-order valence-corrected chi connectivity index (χ2v) is 4.46. The van der Waals surface area contributed by atoms with E-state index in [0.29, 0.717) is 24.6 Å². The van der Waals surface area contributed by atoms with Crippen molar-refractivity contribution in [3.05, 3.63) is 23.0 Å². The molecule has 6 heteroatoms. The van der Waals surface area contributed by atoms with E-state index in [1.807, 2.05) is 20.8 Å². The molecule has 0 amide bonds. The molecule has 0 aromatic carbocycles. The first-order valence-electron chi connectivity index (χ1n) is 6.10. The lowest BCUT2D eigenvalue weighted by molar-refractivity contribution is -0.137. The van der Waals surface area contributed by atoms with E-state index in [4.69, 9.17) is 13.9 Å².